The Morgan fingerprint density at radius 2 is 1.88 bits per heavy atom. The third kappa shape index (κ3) is 4.05. The van der Waals surface area contributed by atoms with E-state index in [4.69, 9.17) is 0 Å². The number of piperazine rings is 1. The molecular weight excluding hydrogens is 338 g/mol. The summed E-state index contributed by atoms with van der Waals surface area (Å²) in [5, 5.41) is 17.0. The fourth-order valence-electron chi connectivity index (χ4n) is 3.12. The fourth-order valence-corrected chi connectivity index (χ4v) is 3.12. The molecule has 0 saturated carbocycles. The number of para-hydroxylation sites is 1. The van der Waals surface area contributed by atoms with Crippen molar-refractivity contribution in [3.05, 3.63) is 30.3 Å². The molecule has 0 aliphatic carbocycles. The van der Waals surface area contributed by atoms with Crippen LogP contribution in [0.4, 0.5) is 10.5 Å². The first-order chi connectivity index (χ1) is 12.6. The first kappa shape index (κ1) is 18.0. The van der Waals surface area contributed by atoms with E-state index in [1.807, 2.05) is 30.3 Å². The quantitative estimate of drug-likeness (QED) is 0.509. The number of anilines is 1. The highest BCUT2D eigenvalue weighted by Gasteiger charge is 2.32. The molecule has 2 atom stereocenters. The van der Waals surface area contributed by atoms with Crippen molar-refractivity contribution in [2.75, 3.05) is 44.2 Å². The Morgan fingerprint density at radius 3 is 2.46 bits per heavy atom. The van der Waals surface area contributed by atoms with Gasteiger partial charge in [-0.3, -0.25) is 9.59 Å². The van der Waals surface area contributed by atoms with Crippen LogP contribution in [-0.2, 0) is 9.59 Å². The van der Waals surface area contributed by atoms with E-state index < -0.39 is 30.6 Å². The van der Waals surface area contributed by atoms with Crippen molar-refractivity contribution in [2.45, 2.75) is 12.1 Å². The second kappa shape index (κ2) is 8.05. The van der Waals surface area contributed by atoms with Crippen molar-refractivity contribution >= 4 is 23.5 Å². The second-order valence-electron chi connectivity index (χ2n) is 6.30. The molecule has 140 valence electrons. The van der Waals surface area contributed by atoms with Crippen molar-refractivity contribution in [3.63, 3.8) is 0 Å². The van der Waals surface area contributed by atoms with Crippen molar-refractivity contribution < 1.29 is 19.5 Å². The topological polar surface area (TPSA) is 114 Å². The lowest BCUT2D eigenvalue weighted by Crippen LogP contribution is -2.58. The smallest absolute Gasteiger partial charge is 0.315 e. The standard InChI is InChI=1S/C17H23N5O4/c23-11-14(19-15(24)13-10-18-17(26)20-13)16(25)22-8-6-21(7-9-22)12-4-2-1-3-5-12/h1-5,13-14,23H,6-11H2,(H,19,24)(H2,18,20,26). The summed E-state index contributed by atoms with van der Waals surface area (Å²) in [7, 11) is 0. The SMILES string of the molecule is O=C1NCC(C(=O)NC(CO)C(=O)N2CCN(c3ccccc3)CC2)N1. The molecular formula is C17H23N5O4. The molecule has 1 aromatic rings. The van der Waals surface area contributed by atoms with Crippen molar-refractivity contribution in [1.82, 2.24) is 20.9 Å². The molecule has 2 fully saturated rings. The molecule has 9 heteroatoms. The van der Waals surface area contributed by atoms with Crippen molar-refractivity contribution in [1.29, 1.82) is 0 Å². The molecule has 2 saturated heterocycles. The Hall–Kier alpha value is -2.81. The van der Waals surface area contributed by atoms with Gasteiger partial charge in [0.2, 0.25) is 11.8 Å². The average Bonchev–Trinajstić information content (AvgIpc) is 3.13. The van der Waals surface area contributed by atoms with E-state index in [0.29, 0.717) is 26.2 Å². The average molecular weight is 361 g/mol. The maximum atomic E-state index is 12.6. The molecule has 1 aromatic carbocycles. The number of rotatable bonds is 5. The van der Waals surface area contributed by atoms with Crippen LogP contribution in [0, 0.1) is 0 Å². The molecule has 0 bridgehead atoms. The number of hydrogen-bond acceptors (Lipinski definition) is 5. The summed E-state index contributed by atoms with van der Waals surface area (Å²) < 4.78 is 0. The summed E-state index contributed by atoms with van der Waals surface area (Å²) in [6.45, 7) is 2.07. The number of hydrogen-bond donors (Lipinski definition) is 4. The minimum absolute atomic E-state index is 0.159. The maximum Gasteiger partial charge on any atom is 0.315 e. The van der Waals surface area contributed by atoms with Crippen LogP contribution in [0.25, 0.3) is 0 Å². The lowest BCUT2D eigenvalue weighted by atomic mass is 10.2. The highest BCUT2D eigenvalue weighted by atomic mass is 16.3. The number of carbonyl (C=O) groups is 3. The Labute approximate surface area is 151 Å². The van der Waals surface area contributed by atoms with Crippen LogP contribution in [0.5, 0.6) is 0 Å². The molecule has 4 amide bonds. The molecule has 2 unspecified atom stereocenters. The van der Waals surface area contributed by atoms with Gasteiger partial charge in [0.1, 0.15) is 12.1 Å². The molecule has 26 heavy (non-hydrogen) atoms. The monoisotopic (exact) mass is 361 g/mol. The number of nitrogens with one attached hydrogen (secondary N) is 3. The summed E-state index contributed by atoms with van der Waals surface area (Å²) in [5.41, 5.74) is 1.11. The number of nitrogens with zero attached hydrogens (tertiary/aromatic N) is 2. The van der Waals surface area contributed by atoms with Crippen molar-refractivity contribution in [3.8, 4) is 0 Å². The molecule has 2 heterocycles. The van der Waals surface area contributed by atoms with Crippen molar-refractivity contribution in [2.24, 2.45) is 0 Å². The van der Waals surface area contributed by atoms with E-state index in [1.165, 1.54) is 0 Å². The van der Waals surface area contributed by atoms with Crippen LogP contribution >= 0.6 is 0 Å². The summed E-state index contributed by atoms with van der Waals surface area (Å²) in [6.07, 6.45) is 0. The Balaban J connectivity index is 1.52. The van der Waals surface area contributed by atoms with Gasteiger partial charge in [-0.25, -0.2) is 4.79 Å². The number of carbonyl (C=O) groups excluding carboxylic acids is 3. The van der Waals surface area contributed by atoms with Crippen LogP contribution in [-0.4, -0.2) is 79.3 Å². The van der Waals surface area contributed by atoms with E-state index in [-0.39, 0.29) is 12.5 Å². The molecule has 4 N–H and O–H groups in total. The summed E-state index contributed by atoms with van der Waals surface area (Å²) >= 11 is 0. The highest BCUT2D eigenvalue weighted by molar-refractivity contribution is 5.93. The number of benzene rings is 1. The molecule has 3 rings (SSSR count). The first-order valence-electron chi connectivity index (χ1n) is 8.63. The van der Waals surface area contributed by atoms with Gasteiger partial charge in [-0.05, 0) is 12.1 Å². The minimum Gasteiger partial charge on any atom is -0.394 e. The van der Waals surface area contributed by atoms with Gasteiger partial charge in [-0.1, -0.05) is 18.2 Å². The van der Waals surface area contributed by atoms with Crippen LogP contribution < -0.4 is 20.9 Å². The second-order valence-corrected chi connectivity index (χ2v) is 6.30. The van der Waals surface area contributed by atoms with E-state index in [9.17, 15) is 19.5 Å². The van der Waals surface area contributed by atoms with Gasteiger partial charge < -0.3 is 30.9 Å². The lowest BCUT2D eigenvalue weighted by molar-refractivity contribution is -0.138. The van der Waals surface area contributed by atoms with Crippen LogP contribution in [0.2, 0.25) is 0 Å². The Morgan fingerprint density at radius 1 is 1.19 bits per heavy atom. The molecule has 0 spiro atoms. The van der Waals surface area contributed by atoms with E-state index in [1.54, 1.807) is 4.90 Å². The third-order valence-corrected chi connectivity index (χ3v) is 4.60. The van der Waals surface area contributed by atoms with Gasteiger partial charge in [0.15, 0.2) is 0 Å². The zero-order valence-corrected chi connectivity index (χ0v) is 14.4. The third-order valence-electron chi connectivity index (χ3n) is 4.60. The molecule has 0 radical (unpaired) electrons. The zero-order valence-electron chi connectivity index (χ0n) is 14.4. The molecule has 2 aliphatic heterocycles. The Kier molecular flexibility index (Phi) is 5.57. The zero-order chi connectivity index (χ0) is 18.5. The number of urea groups is 1. The molecule has 0 aromatic heterocycles. The predicted molar refractivity (Wildman–Crippen MR) is 94.6 cm³/mol. The highest BCUT2D eigenvalue weighted by Crippen LogP contribution is 2.15. The van der Waals surface area contributed by atoms with Gasteiger partial charge in [0, 0.05) is 38.4 Å². The van der Waals surface area contributed by atoms with E-state index in [0.717, 1.165) is 5.69 Å². The predicted octanol–water partition coefficient (Wildman–Crippen LogP) is -1.51. The Bertz CT molecular complexity index is 660. The summed E-state index contributed by atoms with van der Waals surface area (Å²) in [5.74, 6) is -0.801. The van der Waals surface area contributed by atoms with Gasteiger partial charge in [-0.2, -0.15) is 0 Å². The lowest BCUT2D eigenvalue weighted by Gasteiger charge is -2.37. The summed E-state index contributed by atoms with van der Waals surface area (Å²) in [4.78, 5) is 39.7. The van der Waals surface area contributed by atoms with Gasteiger partial charge in [-0.15, -0.1) is 0 Å². The molecule has 9 nitrogen and oxygen atoms in total. The largest absolute Gasteiger partial charge is 0.394 e. The number of aliphatic hydroxyl groups is 1. The van der Waals surface area contributed by atoms with Gasteiger partial charge in [0.05, 0.1) is 6.61 Å². The molecule has 2 aliphatic rings. The van der Waals surface area contributed by atoms with Gasteiger partial charge in [0.25, 0.3) is 0 Å². The fraction of sp³-hybridized carbons (Fsp3) is 0.471. The van der Waals surface area contributed by atoms with E-state index >= 15 is 0 Å². The maximum absolute atomic E-state index is 12.6. The van der Waals surface area contributed by atoms with Crippen LogP contribution in [0.3, 0.4) is 0 Å². The number of amides is 4. The first-order valence-corrected chi connectivity index (χ1v) is 8.63. The van der Waals surface area contributed by atoms with Crippen LogP contribution in [0.1, 0.15) is 0 Å². The minimum atomic E-state index is -1.01. The van der Waals surface area contributed by atoms with Crippen LogP contribution in [0.15, 0.2) is 30.3 Å². The van der Waals surface area contributed by atoms with Gasteiger partial charge >= 0.3 is 6.03 Å². The van der Waals surface area contributed by atoms with E-state index in [2.05, 4.69) is 20.9 Å². The number of aliphatic hydroxyl groups excluding tert-OH is 1. The normalized spacial score (nSPS) is 21.0. The summed E-state index contributed by atoms with van der Waals surface area (Å²) in [6, 6.07) is 7.79.